The summed E-state index contributed by atoms with van der Waals surface area (Å²) in [7, 11) is 3.47. The number of ether oxygens (including phenoxy) is 1. The highest BCUT2D eigenvalue weighted by Crippen LogP contribution is 2.23. The van der Waals surface area contributed by atoms with E-state index in [0.29, 0.717) is 12.4 Å². The molecule has 0 spiro atoms. The van der Waals surface area contributed by atoms with Crippen molar-refractivity contribution in [3.8, 4) is 5.88 Å². The molecule has 0 unspecified atom stereocenters. The van der Waals surface area contributed by atoms with Crippen molar-refractivity contribution in [2.75, 3.05) is 12.4 Å². The van der Waals surface area contributed by atoms with Gasteiger partial charge in [0.25, 0.3) is 0 Å². The molecule has 0 aliphatic heterocycles. The zero-order valence-corrected chi connectivity index (χ0v) is 10.8. The third-order valence-electron chi connectivity index (χ3n) is 2.88. The first-order chi connectivity index (χ1) is 9.28. The van der Waals surface area contributed by atoms with E-state index in [1.54, 1.807) is 11.8 Å². The van der Waals surface area contributed by atoms with E-state index >= 15 is 0 Å². The molecule has 19 heavy (non-hydrogen) atoms. The molecule has 6 heteroatoms. The molecule has 2 heterocycles. The number of rotatable bonds is 4. The van der Waals surface area contributed by atoms with E-state index in [1.807, 2.05) is 37.5 Å². The van der Waals surface area contributed by atoms with Crippen LogP contribution in [0.15, 0.2) is 35.0 Å². The zero-order valence-electron chi connectivity index (χ0n) is 10.8. The van der Waals surface area contributed by atoms with Crippen LogP contribution in [0.1, 0.15) is 5.56 Å². The quantitative estimate of drug-likeness (QED) is 0.777. The molecule has 0 radical (unpaired) electrons. The SMILES string of the molecule is COc1nn(C)cc1CNc1noc2ccccc12. The first kappa shape index (κ1) is 11.6. The minimum Gasteiger partial charge on any atom is -0.480 e. The van der Waals surface area contributed by atoms with Crippen molar-refractivity contribution < 1.29 is 9.26 Å². The van der Waals surface area contributed by atoms with Gasteiger partial charge in [0.1, 0.15) is 0 Å². The number of anilines is 1. The lowest BCUT2D eigenvalue weighted by Gasteiger charge is -2.02. The van der Waals surface area contributed by atoms with E-state index in [0.717, 1.165) is 22.4 Å². The number of para-hydroxylation sites is 1. The fraction of sp³-hybridized carbons (Fsp3) is 0.231. The molecule has 1 aromatic carbocycles. The maximum atomic E-state index is 5.23. The standard InChI is InChI=1S/C13H14N4O2/c1-17-8-9(13(15-17)18-2)7-14-12-10-5-3-4-6-11(10)19-16-12/h3-6,8H,7H2,1-2H3,(H,14,16). The van der Waals surface area contributed by atoms with Crippen LogP contribution in [0.5, 0.6) is 5.88 Å². The van der Waals surface area contributed by atoms with Crippen molar-refractivity contribution >= 4 is 16.8 Å². The summed E-state index contributed by atoms with van der Waals surface area (Å²) in [6.45, 7) is 0.577. The van der Waals surface area contributed by atoms with Gasteiger partial charge in [-0.1, -0.05) is 17.3 Å². The van der Waals surface area contributed by atoms with Crippen molar-refractivity contribution in [2.24, 2.45) is 7.05 Å². The molecule has 3 rings (SSSR count). The molecule has 6 nitrogen and oxygen atoms in total. The van der Waals surface area contributed by atoms with Gasteiger partial charge in [0, 0.05) is 19.8 Å². The summed E-state index contributed by atoms with van der Waals surface area (Å²) >= 11 is 0. The smallest absolute Gasteiger partial charge is 0.237 e. The van der Waals surface area contributed by atoms with Crippen molar-refractivity contribution in [1.29, 1.82) is 0 Å². The van der Waals surface area contributed by atoms with Crippen molar-refractivity contribution in [2.45, 2.75) is 6.54 Å². The molecular weight excluding hydrogens is 244 g/mol. The Kier molecular flexibility index (Phi) is 2.83. The van der Waals surface area contributed by atoms with Crippen LogP contribution in [0.4, 0.5) is 5.82 Å². The lowest BCUT2D eigenvalue weighted by Crippen LogP contribution is -2.00. The summed E-state index contributed by atoms with van der Waals surface area (Å²) in [6, 6.07) is 7.73. The number of aryl methyl sites for hydroxylation is 1. The molecule has 0 saturated carbocycles. The second-order valence-corrected chi connectivity index (χ2v) is 4.22. The van der Waals surface area contributed by atoms with E-state index in [4.69, 9.17) is 9.26 Å². The summed E-state index contributed by atoms with van der Waals surface area (Å²) in [5.74, 6) is 1.34. The van der Waals surface area contributed by atoms with Crippen LogP contribution in [-0.4, -0.2) is 22.0 Å². The topological polar surface area (TPSA) is 65.1 Å². The van der Waals surface area contributed by atoms with Crippen LogP contribution < -0.4 is 10.1 Å². The van der Waals surface area contributed by atoms with E-state index in [-0.39, 0.29) is 0 Å². The maximum Gasteiger partial charge on any atom is 0.237 e. The summed E-state index contributed by atoms with van der Waals surface area (Å²) in [5, 5.41) is 12.4. The van der Waals surface area contributed by atoms with Crippen molar-refractivity contribution in [3.05, 3.63) is 36.0 Å². The highest BCUT2D eigenvalue weighted by atomic mass is 16.5. The maximum absolute atomic E-state index is 5.23. The zero-order chi connectivity index (χ0) is 13.2. The van der Waals surface area contributed by atoms with Gasteiger partial charge in [0.05, 0.1) is 18.1 Å². The Bertz CT molecular complexity index is 702. The minimum atomic E-state index is 0.577. The Morgan fingerprint density at radius 1 is 1.37 bits per heavy atom. The van der Waals surface area contributed by atoms with Crippen LogP contribution in [0.25, 0.3) is 11.0 Å². The van der Waals surface area contributed by atoms with Crippen molar-refractivity contribution in [3.63, 3.8) is 0 Å². The Morgan fingerprint density at radius 2 is 2.21 bits per heavy atom. The van der Waals surface area contributed by atoms with Gasteiger partial charge in [0.2, 0.25) is 5.88 Å². The number of nitrogens with one attached hydrogen (secondary N) is 1. The average molecular weight is 258 g/mol. The number of fused-ring (bicyclic) bond motifs is 1. The summed E-state index contributed by atoms with van der Waals surface area (Å²) in [4.78, 5) is 0. The van der Waals surface area contributed by atoms with Gasteiger partial charge in [0.15, 0.2) is 11.4 Å². The third kappa shape index (κ3) is 2.12. The second-order valence-electron chi connectivity index (χ2n) is 4.22. The number of aromatic nitrogens is 3. The lowest BCUT2D eigenvalue weighted by molar-refractivity contribution is 0.388. The number of hydrogen-bond acceptors (Lipinski definition) is 5. The predicted octanol–water partition coefficient (Wildman–Crippen LogP) is 2.18. The normalized spacial score (nSPS) is 10.8. The van der Waals surface area contributed by atoms with E-state index in [1.165, 1.54) is 0 Å². The summed E-state index contributed by atoms with van der Waals surface area (Å²) in [5.41, 5.74) is 1.74. The Balaban J connectivity index is 1.82. The summed E-state index contributed by atoms with van der Waals surface area (Å²) in [6.07, 6.45) is 1.91. The molecule has 0 atom stereocenters. The summed E-state index contributed by atoms with van der Waals surface area (Å²) < 4.78 is 12.2. The lowest BCUT2D eigenvalue weighted by atomic mass is 10.2. The first-order valence-corrected chi connectivity index (χ1v) is 5.92. The fourth-order valence-electron chi connectivity index (χ4n) is 2.00. The number of hydrogen-bond donors (Lipinski definition) is 1. The number of benzene rings is 1. The van der Waals surface area contributed by atoms with Crippen molar-refractivity contribution in [1.82, 2.24) is 14.9 Å². The largest absolute Gasteiger partial charge is 0.480 e. The van der Waals surface area contributed by atoms with Crippen LogP contribution in [-0.2, 0) is 13.6 Å². The Labute approximate surface area is 110 Å². The molecule has 0 aliphatic rings. The van der Waals surface area contributed by atoms with E-state index in [2.05, 4.69) is 15.6 Å². The van der Waals surface area contributed by atoms with Gasteiger partial charge < -0.3 is 14.6 Å². The number of methoxy groups -OCH3 is 1. The molecule has 0 bridgehead atoms. The first-order valence-electron chi connectivity index (χ1n) is 5.92. The van der Waals surface area contributed by atoms with Gasteiger partial charge in [-0.2, -0.15) is 0 Å². The Hall–Kier alpha value is -2.50. The molecule has 3 aromatic rings. The molecule has 0 fully saturated rings. The third-order valence-corrected chi connectivity index (χ3v) is 2.88. The predicted molar refractivity (Wildman–Crippen MR) is 71.1 cm³/mol. The van der Waals surface area contributed by atoms with Crippen LogP contribution in [0.2, 0.25) is 0 Å². The van der Waals surface area contributed by atoms with Gasteiger partial charge in [-0.3, -0.25) is 4.68 Å². The molecule has 98 valence electrons. The molecule has 0 saturated heterocycles. The van der Waals surface area contributed by atoms with Gasteiger partial charge in [-0.25, -0.2) is 0 Å². The van der Waals surface area contributed by atoms with Crippen LogP contribution in [0.3, 0.4) is 0 Å². The monoisotopic (exact) mass is 258 g/mol. The molecular formula is C13H14N4O2. The molecule has 0 aliphatic carbocycles. The fourth-order valence-corrected chi connectivity index (χ4v) is 2.00. The second kappa shape index (κ2) is 4.64. The highest BCUT2D eigenvalue weighted by molar-refractivity contribution is 5.87. The number of nitrogens with zero attached hydrogens (tertiary/aromatic N) is 3. The van der Waals surface area contributed by atoms with Gasteiger partial charge in [-0.05, 0) is 12.1 Å². The average Bonchev–Trinajstić information content (AvgIpc) is 2.99. The van der Waals surface area contributed by atoms with E-state index in [9.17, 15) is 0 Å². The van der Waals surface area contributed by atoms with E-state index < -0.39 is 0 Å². The molecule has 2 aromatic heterocycles. The minimum absolute atomic E-state index is 0.577. The van der Waals surface area contributed by atoms with Gasteiger partial charge in [-0.15, -0.1) is 5.10 Å². The highest BCUT2D eigenvalue weighted by Gasteiger charge is 2.10. The van der Waals surface area contributed by atoms with Crippen LogP contribution >= 0.6 is 0 Å². The molecule has 0 amide bonds. The Morgan fingerprint density at radius 3 is 3.05 bits per heavy atom. The molecule has 1 N–H and O–H groups in total. The van der Waals surface area contributed by atoms with Crippen LogP contribution in [0, 0.1) is 0 Å². The van der Waals surface area contributed by atoms with Gasteiger partial charge >= 0.3 is 0 Å².